The summed E-state index contributed by atoms with van der Waals surface area (Å²) >= 11 is 0. The summed E-state index contributed by atoms with van der Waals surface area (Å²) in [5.41, 5.74) is 4.58. The van der Waals surface area contributed by atoms with Gasteiger partial charge in [-0.2, -0.15) is 0 Å². The van der Waals surface area contributed by atoms with Crippen LogP contribution in [0.5, 0.6) is 0 Å². The fourth-order valence-electron chi connectivity index (χ4n) is 4.72. The van der Waals surface area contributed by atoms with Crippen LogP contribution >= 0.6 is 0 Å². The topological polar surface area (TPSA) is 37.3 Å². The number of hydrogen-bond acceptors (Lipinski definition) is 1. The molecule has 3 rings (SSSR count). The van der Waals surface area contributed by atoms with Gasteiger partial charge in [-0.25, -0.2) is 9.18 Å². The fourth-order valence-corrected chi connectivity index (χ4v) is 4.72. The quantitative estimate of drug-likeness (QED) is 0.236. The summed E-state index contributed by atoms with van der Waals surface area (Å²) in [4.78, 5) is 12.3. The van der Waals surface area contributed by atoms with Crippen LogP contribution in [0.25, 0.3) is 22.3 Å². The molecule has 0 radical (unpaired) electrons. The van der Waals surface area contributed by atoms with Crippen LogP contribution in [0.1, 0.15) is 93.1 Å². The molecule has 3 heteroatoms. The van der Waals surface area contributed by atoms with E-state index in [-0.39, 0.29) is 11.4 Å². The molecule has 35 heavy (non-hydrogen) atoms. The highest BCUT2D eigenvalue weighted by atomic mass is 19.1. The predicted molar refractivity (Wildman–Crippen MR) is 145 cm³/mol. The lowest BCUT2D eigenvalue weighted by atomic mass is 9.90. The molecule has 3 aromatic carbocycles. The van der Waals surface area contributed by atoms with Gasteiger partial charge in [0.1, 0.15) is 5.82 Å². The normalized spacial score (nSPS) is 11.1. The molecule has 0 saturated heterocycles. The van der Waals surface area contributed by atoms with E-state index in [1.807, 2.05) is 30.3 Å². The summed E-state index contributed by atoms with van der Waals surface area (Å²) in [6.07, 6.45) is 12.7. The van der Waals surface area contributed by atoms with E-state index in [1.54, 1.807) is 18.2 Å². The monoisotopic (exact) mass is 474 g/mol. The molecule has 0 atom stereocenters. The first-order valence-corrected chi connectivity index (χ1v) is 13.3. The van der Waals surface area contributed by atoms with Crippen molar-refractivity contribution in [3.63, 3.8) is 0 Å². The zero-order valence-corrected chi connectivity index (χ0v) is 21.3. The first kappa shape index (κ1) is 26.7. The molecule has 0 heterocycles. The molecule has 0 aliphatic heterocycles. The van der Waals surface area contributed by atoms with Crippen LogP contribution in [0.15, 0.2) is 60.7 Å². The number of hydrogen-bond donors (Lipinski definition) is 1. The van der Waals surface area contributed by atoms with Crippen LogP contribution < -0.4 is 0 Å². The molecule has 0 bridgehead atoms. The molecular formula is C32H39FO2. The summed E-state index contributed by atoms with van der Waals surface area (Å²) in [6, 6.07) is 18.7. The first-order valence-electron chi connectivity index (χ1n) is 13.3. The Morgan fingerprint density at radius 2 is 1.26 bits per heavy atom. The molecule has 0 fully saturated rings. The van der Waals surface area contributed by atoms with Crippen LogP contribution in [0.4, 0.5) is 4.39 Å². The smallest absolute Gasteiger partial charge is 0.336 e. The predicted octanol–water partition coefficient (Wildman–Crippen LogP) is 9.49. The number of aryl methyl sites for hydroxylation is 2. The molecule has 3 aromatic rings. The Bertz CT molecular complexity index is 1090. The number of unbranched alkanes of at least 4 members (excludes halogenated alkanes) is 7. The third-order valence-electron chi connectivity index (χ3n) is 6.75. The Labute approximate surface area is 210 Å². The van der Waals surface area contributed by atoms with Crippen molar-refractivity contribution in [2.24, 2.45) is 0 Å². The maximum absolute atomic E-state index is 15.1. The van der Waals surface area contributed by atoms with Gasteiger partial charge in [-0.15, -0.1) is 0 Å². The minimum absolute atomic E-state index is 0.147. The zero-order chi connectivity index (χ0) is 25.0. The number of halogens is 1. The minimum atomic E-state index is -1.04. The van der Waals surface area contributed by atoms with E-state index < -0.39 is 5.97 Å². The second kappa shape index (κ2) is 13.8. The SMILES string of the molecule is CCCCCCCCc1ccc(-c2cccc(-c3ccc(CCCCC)cc3F)c2C(=O)O)cc1. The Kier molecular flexibility index (Phi) is 10.5. The highest BCUT2D eigenvalue weighted by Gasteiger charge is 2.20. The molecule has 0 aromatic heterocycles. The van der Waals surface area contributed by atoms with Gasteiger partial charge < -0.3 is 5.11 Å². The Hall–Kier alpha value is -2.94. The van der Waals surface area contributed by atoms with E-state index in [2.05, 4.69) is 26.0 Å². The Morgan fingerprint density at radius 3 is 1.94 bits per heavy atom. The largest absolute Gasteiger partial charge is 0.478 e. The van der Waals surface area contributed by atoms with Crippen LogP contribution in [0, 0.1) is 5.82 Å². The third kappa shape index (κ3) is 7.52. The van der Waals surface area contributed by atoms with Crippen molar-refractivity contribution in [3.05, 3.63) is 83.2 Å². The van der Waals surface area contributed by atoms with Gasteiger partial charge in [-0.05, 0) is 59.6 Å². The van der Waals surface area contributed by atoms with Crippen molar-refractivity contribution in [1.29, 1.82) is 0 Å². The van der Waals surface area contributed by atoms with Gasteiger partial charge >= 0.3 is 5.97 Å². The summed E-state index contributed by atoms with van der Waals surface area (Å²) < 4.78 is 15.1. The van der Waals surface area contributed by atoms with Gasteiger partial charge in [0, 0.05) is 5.56 Å². The van der Waals surface area contributed by atoms with Gasteiger partial charge in [0.05, 0.1) is 5.56 Å². The molecule has 0 aliphatic carbocycles. The summed E-state index contributed by atoms with van der Waals surface area (Å²) in [7, 11) is 0. The summed E-state index contributed by atoms with van der Waals surface area (Å²) in [6.45, 7) is 4.38. The number of carbonyl (C=O) groups is 1. The Morgan fingerprint density at radius 1 is 0.686 bits per heavy atom. The van der Waals surface area contributed by atoms with E-state index in [0.717, 1.165) is 43.2 Å². The number of benzene rings is 3. The van der Waals surface area contributed by atoms with Crippen LogP contribution in [-0.2, 0) is 12.8 Å². The van der Waals surface area contributed by atoms with E-state index in [0.29, 0.717) is 16.7 Å². The van der Waals surface area contributed by atoms with Gasteiger partial charge in [-0.3, -0.25) is 0 Å². The van der Waals surface area contributed by atoms with Crippen LogP contribution in [-0.4, -0.2) is 11.1 Å². The highest BCUT2D eigenvalue weighted by Crippen LogP contribution is 2.34. The van der Waals surface area contributed by atoms with Crippen molar-refractivity contribution in [1.82, 2.24) is 0 Å². The third-order valence-corrected chi connectivity index (χ3v) is 6.75. The molecule has 0 saturated carbocycles. The van der Waals surface area contributed by atoms with E-state index >= 15 is 4.39 Å². The average molecular weight is 475 g/mol. The fraction of sp³-hybridized carbons (Fsp3) is 0.406. The lowest BCUT2D eigenvalue weighted by molar-refractivity contribution is 0.0698. The molecule has 0 unspecified atom stereocenters. The van der Waals surface area contributed by atoms with E-state index in [4.69, 9.17) is 0 Å². The van der Waals surface area contributed by atoms with E-state index in [1.165, 1.54) is 44.1 Å². The average Bonchev–Trinajstić information content (AvgIpc) is 2.86. The zero-order valence-electron chi connectivity index (χ0n) is 21.3. The molecule has 186 valence electrons. The van der Waals surface area contributed by atoms with Crippen LogP contribution in [0.3, 0.4) is 0 Å². The first-order chi connectivity index (χ1) is 17.0. The van der Waals surface area contributed by atoms with Crippen molar-refractivity contribution in [2.45, 2.75) is 84.5 Å². The van der Waals surface area contributed by atoms with Gasteiger partial charge in [0.25, 0.3) is 0 Å². The number of rotatable bonds is 14. The minimum Gasteiger partial charge on any atom is -0.478 e. The van der Waals surface area contributed by atoms with Crippen molar-refractivity contribution < 1.29 is 14.3 Å². The van der Waals surface area contributed by atoms with Crippen molar-refractivity contribution in [3.8, 4) is 22.3 Å². The standard InChI is InChI=1S/C32H39FO2/c1-3-5-7-8-9-11-13-24-17-20-26(21-18-24)27-15-12-16-29(31(27)32(34)35)28-22-19-25(23-30(28)33)14-10-6-4-2/h12,15-23H,3-11,13-14H2,1-2H3,(H,34,35). The molecular weight excluding hydrogens is 435 g/mol. The Balaban J connectivity index is 1.80. The maximum Gasteiger partial charge on any atom is 0.336 e. The van der Waals surface area contributed by atoms with Crippen molar-refractivity contribution in [2.75, 3.05) is 0 Å². The summed E-state index contributed by atoms with van der Waals surface area (Å²) in [5, 5.41) is 10.1. The number of carboxylic acids is 1. The number of carboxylic acid groups (broad SMARTS) is 1. The van der Waals surface area contributed by atoms with Gasteiger partial charge in [0.2, 0.25) is 0 Å². The lowest BCUT2D eigenvalue weighted by Gasteiger charge is -2.14. The number of aromatic carboxylic acids is 1. The second-order valence-electron chi connectivity index (χ2n) is 9.52. The van der Waals surface area contributed by atoms with Crippen molar-refractivity contribution >= 4 is 5.97 Å². The van der Waals surface area contributed by atoms with Gasteiger partial charge in [-0.1, -0.05) is 113 Å². The summed E-state index contributed by atoms with van der Waals surface area (Å²) in [5.74, 6) is -1.41. The second-order valence-corrected chi connectivity index (χ2v) is 9.52. The molecule has 0 aliphatic rings. The van der Waals surface area contributed by atoms with Gasteiger partial charge in [0.15, 0.2) is 0 Å². The molecule has 0 amide bonds. The maximum atomic E-state index is 15.1. The molecule has 2 nitrogen and oxygen atoms in total. The highest BCUT2D eigenvalue weighted by molar-refractivity contribution is 6.03. The molecule has 1 N–H and O–H groups in total. The molecule has 0 spiro atoms. The lowest BCUT2D eigenvalue weighted by Crippen LogP contribution is -2.04. The van der Waals surface area contributed by atoms with Crippen LogP contribution in [0.2, 0.25) is 0 Å². The van der Waals surface area contributed by atoms with E-state index in [9.17, 15) is 9.90 Å².